The number of benzene rings is 1. The molecule has 1 unspecified atom stereocenters. The summed E-state index contributed by atoms with van der Waals surface area (Å²) in [6.07, 6.45) is -10.2. The molecule has 0 radical (unpaired) electrons. The lowest BCUT2D eigenvalue weighted by Crippen LogP contribution is -2.70. The van der Waals surface area contributed by atoms with Crippen LogP contribution in [-0.4, -0.2) is 40.9 Å². The van der Waals surface area contributed by atoms with Crippen LogP contribution in [0.25, 0.3) is 0 Å². The van der Waals surface area contributed by atoms with E-state index in [1.54, 1.807) is 0 Å². The van der Waals surface area contributed by atoms with Gasteiger partial charge in [-0.15, -0.1) is 0 Å². The first-order valence-electron chi connectivity index (χ1n) is 8.66. The standard InChI is InChI=1S/C18H17F13O/c1-9(2)10-6-4-5-7-11(10)12(3,32)8-13(19,20)14(21,22)15(23,24)16(25,26)17(27,28)18(29,30)31/h4-7,9,32H,8H2,1-3H3. The SMILES string of the molecule is CC(C)c1ccccc1C(C)(O)CC(F)(F)C(F)(F)C(F)(F)C(F)(F)C(F)(F)C(F)(F)F. The van der Waals surface area contributed by atoms with Crippen LogP contribution in [0.15, 0.2) is 24.3 Å². The predicted molar refractivity (Wildman–Crippen MR) is 85.5 cm³/mol. The maximum absolute atomic E-state index is 14.2. The molecule has 0 aliphatic heterocycles. The van der Waals surface area contributed by atoms with Crippen molar-refractivity contribution in [2.24, 2.45) is 0 Å². The number of rotatable bonds is 8. The molecule has 0 aliphatic carbocycles. The zero-order chi connectivity index (χ0) is 25.8. The van der Waals surface area contributed by atoms with Gasteiger partial charge in [0.25, 0.3) is 0 Å². The normalized spacial score (nSPS) is 16.9. The minimum absolute atomic E-state index is 0.0670. The molecule has 1 aromatic carbocycles. The average Bonchev–Trinajstić information content (AvgIpc) is 2.59. The molecule has 0 fully saturated rings. The van der Waals surface area contributed by atoms with Crippen molar-refractivity contribution in [1.82, 2.24) is 0 Å². The monoisotopic (exact) mass is 496 g/mol. The predicted octanol–water partition coefficient (Wildman–Crippen LogP) is 7.15. The van der Waals surface area contributed by atoms with E-state index in [-0.39, 0.29) is 5.56 Å². The third-order valence-corrected chi connectivity index (χ3v) is 4.73. The minimum Gasteiger partial charge on any atom is -0.385 e. The molecule has 1 rings (SSSR count). The summed E-state index contributed by atoms with van der Waals surface area (Å²) >= 11 is 0. The largest absolute Gasteiger partial charge is 0.460 e. The summed E-state index contributed by atoms with van der Waals surface area (Å²) in [6.45, 7) is 3.38. The Kier molecular flexibility index (Phi) is 7.02. The van der Waals surface area contributed by atoms with Crippen LogP contribution in [0.1, 0.15) is 44.2 Å². The molecule has 1 atom stereocenters. The van der Waals surface area contributed by atoms with Gasteiger partial charge in [-0.05, 0) is 24.0 Å². The lowest BCUT2D eigenvalue weighted by atomic mass is 9.80. The fraction of sp³-hybridized carbons (Fsp3) is 0.667. The Balaban J connectivity index is 3.52. The number of hydrogen-bond donors (Lipinski definition) is 1. The fourth-order valence-corrected chi connectivity index (χ4v) is 2.93. The van der Waals surface area contributed by atoms with Crippen molar-refractivity contribution in [3.05, 3.63) is 35.4 Å². The van der Waals surface area contributed by atoms with Gasteiger partial charge in [0.05, 0.1) is 12.0 Å². The maximum atomic E-state index is 14.2. The van der Waals surface area contributed by atoms with Crippen LogP contribution in [0.5, 0.6) is 0 Å². The van der Waals surface area contributed by atoms with Gasteiger partial charge in [0.1, 0.15) is 0 Å². The van der Waals surface area contributed by atoms with E-state index < -0.39 is 59.3 Å². The van der Waals surface area contributed by atoms with Crippen molar-refractivity contribution >= 4 is 0 Å². The Labute approximate surface area is 173 Å². The summed E-state index contributed by atoms with van der Waals surface area (Å²) in [6, 6.07) is 4.67. The molecular weight excluding hydrogens is 479 g/mol. The van der Waals surface area contributed by atoms with Gasteiger partial charge in [-0.25, -0.2) is 0 Å². The van der Waals surface area contributed by atoms with Crippen LogP contribution < -0.4 is 0 Å². The van der Waals surface area contributed by atoms with Gasteiger partial charge >= 0.3 is 35.8 Å². The fourth-order valence-electron chi connectivity index (χ4n) is 2.93. The van der Waals surface area contributed by atoms with Gasteiger partial charge < -0.3 is 5.11 Å². The van der Waals surface area contributed by atoms with E-state index in [2.05, 4.69) is 0 Å². The summed E-state index contributed by atoms with van der Waals surface area (Å²) in [7, 11) is 0. The first kappa shape index (κ1) is 28.3. The smallest absolute Gasteiger partial charge is 0.385 e. The second-order valence-corrected chi connectivity index (χ2v) is 7.69. The van der Waals surface area contributed by atoms with Gasteiger partial charge in [-0.1, -0.05) is 38.1 Å². The molecule has 186 valence electrons. The van der Waals surface area contributed by atoms with Crippen molar-refractivity contribution in [1.29, 1.82) is 0 Å². The van der Waals surface area contributed by atoms with E-state index in [9.17, 15) is 62.2 Å². The van der Waals surface area contributed by atoms with Gasteiger partial charge in [0.15, 0.2) is 0 Å². The zero-order valence-electron chi connectivity index (χ0n) is 16.5. The maximum Gasteiger partial charge on any atom is 0.460 e. The molecule has 14 heteroatoms. The molecule has 0 amide bonds. The summed E-state index contributed by atoms with van der Waals surface area (Å²) < 4.78 is 172. The number of hydrogen-bond acceptors (Lipinski definition) is 1. The Bertz CT molecular complexity index is 809. The molecular formula is C18H17F13O. The van der Waals surface area contributed by atoms with E-state index in [4.69, 9.17) is 0 Å². The highest BCUT2D eigenvalue weighted by Gasteiger charge is 2.90. The van der Waals surface area contributed by atoms with Crippen molar-refractivity contribution in [3.8, 4) is 0 Å². The first-order chi connectivity index (χ1) is 13.9. The number of halogens is 13. The lowest BCUT2D eigenvalue weighted by molar-refractivity contribution is -0.441. The van der Waals surface area contributed by atoms with E-state index in [0.29, 0.717) is 6.92 Å². The van der Waals surface area contributed by atoms with Crippen LogP contribution >= 0.6 is 0 Å². The Hall–Kier alpha value is -1.73. The Morgan fingerprint density at radius 1 is 0.688 bits per heavy atom. The van der Waals surface area contributed by atoms with Gasteiger partial charge in [0, 0.05) is 0 Å². The van der Waals surface area contributed by atoms with Crippen molar-refractivity contribution in [2.45, 2.75) is 74.5 Å². The summed E-state index contributed by atoms with van der Waals surface area (Å²) in [5, 5.41) is 10.3. The molecule has 32 heavy (non-hydrogen) atoms. The van der Waals surface area contributed by atoms with Gasteiger partial charge in [0.2, 0.25) is 0 Å². The Morgan fingerprint density at radius 2 is 1.09 bits per heavy atom. The number of aliphatic hydroxyl groups is 1. The van der Waals surface area contributed by atoms with Crippen LogP contribution in [0.3, 0.4) is 0 Å². The third-order valence-electron chi connectivity index (χ3n) is 4.73. The second kappa shape index (κ2) is 7.94. The molecule has 0 bridgehead atoms. The molecule has 0 saturated carbocycles. The van der Waals surface area contributed by atoms with E-state index >= 15 is 0 Å². The Morgan fingerprint density at radius 3 is 1.50 bits per heavy atom. The molecule has 0 aliphatic rings. The highest BCUT2D eigenvalue weighted by molar-refractivity contribution is 5.34. The molecule has 0 aromatic heterocycles. The van der Waals surface area contributed by atoms with Crippen molar-refractivity contribution in [3.63, 3.8) is 0 Å². The molecule has 1 nitrogen and oxygen atoms in total. The van der Waals surface area contributed by atoms with Crippen molar-refractivity contribution in [2.75, 3.05) is 0 Å². The highest BCUT2D eigenvalue weighted by Crippen LogP contribution is 2.61. The topological polar surface area (TPSA) is 20.2 Å². The summed E-state index contributed by atoms with van der Waals surface area (Å²) in [5.74, 6) is -38.0. The second-order valence-electron chi connectivity index (χ2n) is 7.69. The lowest BCUT2D eigenvalue weighted by Gasteiger charge is -2.41. The van der Waals surface area contributed by atoms with Crippen molar-refractivity contribution < 1.29 is 62.2 Å². The molecule has 0 saturated heterocycles. The van der Waals surface area contributed by atoms with Crippen LogP contribution in [0.2, 0.25) is 0 Å². The zero-order valence-corrected chi connectivity index (χ0v) is 16.5. The van der Waals surface area contributed by atoms with Gasteiger partial charge in [-0.2, -0.15) is 57.1 Å². The summed E-state index contributed by atoms with van der Waals surface area (Å²) in [5.41, 5.74) is -3.54. The van der Waals surface area contributed by atoms with Gasteiger partial charge in [-0.3, -0.25) is 0 Å². The molecule has 1 N–H and O–H groups in total. The quantitative estimate of drug-likeness (QED) is 0.379. The average molecular weight is 496 g/mol. The first-order valence-corrected chi connectivity index (χ1v) is 8.66. The molecule has 0 spiro atoms. The number of alkyl halides is 13. The van der Waals surface area contributed by atoms with Crippen LogP contribution in [0.4, 0.5) is 57.1 Å². The summed E-state index contributed by atoms with van der Waals surface area (Å²) in [4.78, 5) is 0. The van der Waals surface area contributed by atoms with Crippen LogP contribution in [0, 0.1) is 0 Å². The third kappa shape index (κ3) is 4.26. The molecule has 1 aromatic rings. The minimum atomic E-state index is -7.97. The highest BCUT2D eigenvalue weighted by atomic mass is 19.4. The van der Waals surface area contributed by atoms with E-state index in [1.807, 2.05) is 0 Å². The van der Waals surface area contributed by atoms with E-state index in [1.165, 1.54) is 26.0 Å². The van der Waals surface area contributed by atoms with E-state index in [0.717, 1.165) is 12.1 Å². The molecule has 0 heterocycles. The van der Waals surface area contributed by atoms with Crippen LogP contribution in [-0.2, 0) is 5.60 Å².